The minimum Gasteiger partial charge on any atom is -0.332 e. The number of benzene rings is 2. The van der Waals surface area contributed by atoms with E-state index in [9.17, 15) is 14.0 Å². The second-order valence-electron chi connectivity index (χ2n) is 6.96. The van der Waals surface area contributed by atoms with Gasteiger partial charge in [-0.05, 0) is 36.8 Å². The molecule has 4 rings (SSSR count). The van der Waals surface area contributed by atoms with Gasteiger partial charge in [0.25, 0.3) is 0 Å². The monoisotopic (exact) mass is 382 g/mol. The molecular weight excluding hydrogens is 359 g/mol. The number of nitrogens with zero attached hydrogens (tertiary/aromatic N) is 3. The summed E-state index contributed by atoms with van der Waals surface area (Å²) < 4.78 is 16.9. The van der Waals surface area contributed by atoms with Crippen LogP contribution in [0.15, 0.2) is 53.3 Å². The Morgan fingerprint density at radius 3 is 2.61 bits per heavy atom. The first kappa shape index (κ1) is 18.4. The van der Waals surface area contributed by atoms with Gasteiger partial charge in [0, 0.05) is 26.2 Å². The average Bonchev–Trinajstić information content (AvgIpc) is 2.99. The van der Waals surface area contributed by atoms with E-state index in [0.29, 0.717) is 26.2 Å². The van der Waals surface area contributed by atoms with Gasteiger partial charge in [-0.3, -0.25) is 13.9 Å². The molecule has 1 aliphatic rings. The number of carbonyl (C=O) groups excluding carboxylic acids is 1. The second-order valence-corrected chi connectivity index (χ2v) is 6.96. The summed E-state index contributed by atoms with van der Waals surface area (Å²) >= 11 is 0. The summed E-state index contributed by atoms with van der Waals surface area (Å²) in [4.78, 5) is 27.7. The molecule has 0 aliphatic carbocycles. The Morgan fingerprint density at radius 1 is 1.14 bits per heavy atom. The molecule has 2 aromatic carbocycles. The van der Waals surface area contributed by atoms with Crippen LogP contribution in [0.3, 0.4) is 0 Å². The third-order valence-electron chi connectivity index (χ3n) is 5.33. The van der Waals surface area contributed by atoms with Crippen LogP contribution in [-0.2, 0) is 17.9 Å². The highest BCUT2D eigenvalue weighted by molar-refractivity contribution is 5.81. The maximum Gasteiger partial charge on any atom is 0.329 e. The number of para-hydroxylation sites is 2. The fraction of sp³-hybridized carbons (Fsp3) is 0.333. The van der Waals surface area contributed by atoms with Crippen molar-refractivity contribution in [1.82, 2.24) is 19.4 Å². The number of piperazine rings is 1. The van der Waals surface area contributed by atoms with Gasteiger partial charge in [0.15, 0.2) is 0 Å². The molecule has 2 heterocycles. The van der Waals surface area contributed by atoms with Gasteiger partial charge in [-0.25, -0.2) is 9.18 Å². The number of nitrogens with one attached hydrogen (secondary N) is 1. The topological polar surface area (TPSA) is 59.3 Å². The first-order valence-corrected chi connectivity index (χ1v) is 9.54. The number of imidazole rings is 1. The zero-order valence-electron chi connectivity index (χ0n) is 15.8. The molecule has 1 unspecified atom stereocenters. The molecule has 6 nitrogen and oxygen atoms in total. The second kappa shape index (κ2) is 7.59. The molecule has 0 saturated carbocycles. The summed E-state index contributed by atoms with van der Waals surface area (Å²) in [5.74, 6) is -0.463. The molecule has 1 fully saturated rings. The Balaban J connectivity index is 1.67. The number of aromatic nitrogens is 2. The van der Waals surface area contributed by atoms with Crippen molar-refractivity contribution >= 4 is 16.9 Å². The standard InChI is InChI=1S/C21H23FN4O2/c1-2-24-17-8-3-4-9-18(17)26(21(24)28)14-20(27)25-11-10-23-13-19(25)15-6-5-7-16(22)12-15/h3-9,12,19,23H,2,10-11,13-14H2,1H3. The van der Waals surface area contributed by atoms with E-state index < -0.39 is 0 Å². The molecule has 1 aliphatic heterocycles. The quantitative estimate of drug-likeness (QED) is 0.752. The Kier molecular flexibility index (Phi) is 5.00. The number of rotatable bonds is 4. The first-order valence-electron chi connectivity index (χ1n) is 9.54. The highest BCUT2D eigenvalue weighted by Crippen LogP contribution is 2.23. The van der Waals surface area contributed by atoms with Crippen molar-refractivity contribution in [2.75, 3.05) is 19.6 Å². The summed E-state index contributed by atoms with van der Waals surface area (Å²) in [6.07, 6.45) is 0. The molecular formula is C21H23FN4O2. The third kappa shape index (κ3) is 3.22. The van der Waals surface area contributed by atoms with Crippen LogP contribution < -0.4 is 11.0 Å². The molecule has 1 N–H and O–H groups in total. The molecule has 1 amide bonds. The fourth-order valence-corrected chi connectivity index (χ4v) is 3.97. The fourth-order valence-electron chi connectivity index (χ4n) is 3.97. The number of halogens is 1. The van der Waals surface area contributed by atoms with E-state index in [-0.39, 0.29) is 30.0 Å². The number of hydrogen-bond donors (Lipinski definition) is 1. The maximum absolute atomic E-state index is 13.7. The van der Waals surface area contributed by atoms with E-state index in [1.165, 1.54) is 16.7 Å². The van der Waals surface area contributed by atoms with Crippen LogP contribution >= 0.6 is 0 Å². The smallest absolute Gasteiger partial charge is 0.329 e. The molecule has 0 radical (unpaired) electrons. The minimum atomic E-state index is -0.322. The van der Waals surface area contributed by atoms with Gasteiger partial charge in [-0.2, -0.15) is 0 Å². The predicted octanol–water partition coefficient (Wildman–Crippen LogP) is 2.14. The van der Waals surface area contributed by atoms with Crippen LogP contribution in [0.2, 0.25) is 0 Å². The number of hydrogen-bond acceptors (Lipinski definition) is 3. The zero-order chi connectivity index (χ0) is 19.7. The third-order valence-corrected chi connectivity index (χ3v) is 5.33. The minimum absolute atomic E-state index is 0.0296. The van der Waals surface area contributed by atoms with E-state index in [2.05, 4.69) is 5.32 Å². The van der Waals surface area contributed by atoms with E-state index in [4.69, 9.17) is 0 Å². The molecule has 7 heteroatoms. The summed E-state index contributed by atoms with van der Waals surface area (Å²) in [6, 6.07) is 13.6. The highest BCUT2D eigenvalue weighted by Gasteiger charge is 2.29. The lowest BCUT2D eigenvalue weighted by Gasteiger charge is -2.36. The number of amides is 1. The molecule has 1 saturated heterocycles. The molecule has 28 heavy (non-hydrogen) atoms. The lowest BCUT2D eigenvalue weighted by Crippen LogP contribution is -2.50. The largest absolute Gasteiger partial charge is 0.332 e. The van der Waals surface area contributed by atoms with Crippen molar-refractivity contribution in [3.63, 3.8) is 0 Å². The van der Waals surface area contributed by atoms with Crippen molar-refractivity contribution < 1.29 is 9.18 Å². The van der Waals surface area contributed by atoms with Crippen molar-refractivity contribution in [3.8, 4) is 0 Å². The summed E-state index contributed by atoms with van der Waals surface area (Å²) in [5, 5.41) is 3.27. The average molecular weight is 382 g/mol. The van der Waals surface area contributed by atoms with Gasteiger partial charge in [-0.1, -0.05) is 24.3 Å². The number of carbonyl (C=O) groups is 1. The van der Waals surface area contributed by atoms with Crippen molar-refractivity contribution in [1.29, 1.82) is 0 Å². The zero-order valence-corrected chi connectivity index (χ0v) is 15.8. The van der Waals surface area contributed by atoms with Crippen LogP contribution in [0, 0.1) is 5.82 Å². The van der Waals surface area contributed by atoms with Crippen LogP contribution in [0.5, 0.6) is 0 Å². The summed E-state index contributed by atoms with van der Waals surface area (Å²) in [6.45, 7) is 4.17. The Labute approximate surface area is 162 Å². The van der Waals surface area contributed by atoms with Crippen molar-refractivity contribution in [2.45, 2.75) is 26.1 Å². The maximum atomic E-state index is 13.7. The Hall–Kier alpha value is -2.93. The van der Waals surface area contributed by atoms with Crippen molar-refractivity contribution in [2.24, 2.45) is 0 Å². The SMILES string of the molecule is CCn1c(=O)n(CC(=O)N2CCNCC2c2cccc(F)c2)c2ccccc21. The van der Waals surface area contributed by atoms with Crippen LogP contribution in [-0.4, -0.2) is 39.6 Å². The molecule has 1 aromatic heterocycles. The van der Waals surface area contributed by atoms with E-state index in [0.717, 1.165) is 16.6 Å². The van der Waals surface area contributed by atoms with Gasteiger partial charge in [-0.15, -0.1) is 0 Å². The molecule has 1 atom stereocenters. The van der Waals surface area contributed by atoms with Crippen LogP contribution in [0.1, 0.15) is 18.5 Å². The van der Waals surface area contributed by atoms with Crippen molar-refractivity contribution in [3.05, 3.63) is 70.4 Å². The number of aryl methyl sites for hydroxylation is 1. The lowest BCUT2D eigenvalue weighted by atomic mass is 10.0. The Bertz CT molecular complexity index is 1070. The van der Waals surface area contributed by atoms with E-state index in [1.54, 1.807) is 15.5 Å². The van der Waals surface area contributed by atoms with Gasteiger partial charge in [0.1, 0.15) is 12.4 Å². The van der Waals surface area contributed by atoms with Gasteiger partial charge < -0.3 is 10.2 Å². The summed E-state index contributed by atoms with van der Waals surface area (Å²) in [5.41, 5.74) is 2.14. The highest BCUT2D eigenvalue weighted by atomic mass is 19.1. The lowest BCUT2D eigenvalue weighted by molar-refractivity contribution is -0.135. The van der Waals surface area contributed by atoms with Gasteiger partial charge >= 0.3 is 5.69 Å². The van der Waals surface area contributed by atoms with E-state index in [1.807, 2.05) is 37.3 Å². The van der Waals surface area contributed by atoms with Crippen LogP contribution in [0.25, 0.3) is 11.0 Å². The molecule has 146 valence electrons. The van der Waals surface area contributed by atoms with Gasteiger partial charge in [0.2, 0.25) is 5.91 Å². The van der Waals surface area contributed by atoms with E-state index >= 15 is 0 Å². The first-order chi connectivity index (χ1) is 13.6. The molecule has 0 spiro atoms. The Morgan fingerprint density at radius 2 is 1.89 bits per heavy atom. The molecule has 0 bridgehead atoms. The number of fused-ring (bicyclic) bond motifs is 1. The van der Waals surface area contributed by atoms with Crippen LogP contribution in [0.4, 0.5) is 4.39 Å². The predicted molar refractivity (Wildman–Crippen MR) is 106 cm³/mol. The normalized spacial score (nSPS) is 17.2. The summed E-state index contributed by atoms with van der Waals surface area (Å²) in [7, 11) is 0. The molecule has 3 aromatic rings. The van der Waals surface area contributed by atoms with Gasteiger partial charge in [0.05, 0.1) is 17.1 Å².